The van der Waals surface area contributed by atoms with Crippen molar-refractivity contribution in [3.05, 3.63) is 42.7 Å². The molecule has 0 saturated carbocycles. The van der Waals surface area contributed by atoms with Crippen molar-refractivity contribution in [2.75, 3.05) is 45.9 Å². The lowest BCUT2D eigenvalue weighted by molar-refractivity contribution is -0.184. The number of nitrogens with zero attached hydrogens (tertiary/aromatic N) is 3. The Labute approximate surface area is 167 Å². The normalized spacial score (nSPS) is 16.1. The van der Waals surface area contributed by atoms with E-state index in [-0.39, 0.29) is 25.1 Å². The fourth-order valence-electron chi connectivity index (χ4n) is 3.03. The Bertz CT molecular complexity index is 679. The van der Waals surface area contributed by atoms with Gasteiger partial charge in [-0.3, -0.25) is 19.5 Å². The number of morpholine rings is 1. The molecule has 1 aromatic heterocycles. The Morgan fingerprint density at radius 2 is 2.10 bits per heavy atom. The summed E-state index contributed by atoms with van der Waals surface area (Å²) in [4.78, 5) is 31.5. The summed E-state index contributed by atoms with van der Waals surface area (Å²) in [5, 5.41) is 2.15. The first-order valence-corrected chi connectivity index (χ1v) is 9.31. The van der Waals surface area contributed by atoms with Gasteiger partial charge in [0, 0.05) is 45.1 Å². The number of halogens is 3. The molecule has 1 saturated heterocycles. The topological polar surface area (TPSA) is 74.8 Å². The van der Waals surface area contributed by atoms with Crippen LogP contribution in [-0.2, 0) is 9.53 Å². The quantitative estimate of drug-likeness (QED) is 0.620. The molecule has 0 aromatic carbocycles. The molecule has 1 fully saturated rings. The molecule has 7 nitrogen and oxygen atoms in total. The minimum atomic E-state index is -4.93. The zero-order valence-electron chi connectivity index (χ0n) is 16.0. The number of carbonyl (C=O) groups excluding carboxylic acids is 2. The SMILES string of the molecule is C=CCNC(=O)C(N(CCCN1CCOCC1)C(=O)c1cccnc1)C(F)(F)F. The Hall–Kier alpha value is -2.46. The fourth-order valence-corrected chi connectivity index (χ4v) is 3.03. The molecule has 160 valence electrons. The first kappa shape index (κ1) is 22.8. The lowest BCUT2D eigenvalue weighted by Crippen LogP contribution is -2.57. The summed E-state index contributed by atoms with van der Waals surface area (Å²) < 4.78 is 46.6. The summed E-state index contributed by atoms with van der Waals surface area (Å²) in [7, 11) is 0. The number of ether oxygens (including phenoxy) is 1. The summed E-state index contributed by atoms with van der Waals surface area (Å²) in [5.41, 5.74) is -0.00959. The maximum atomic E-state index is 13.8. The van der Waals surface area contributed by atoms with Gasteiger partial charge in [0.2, 0.25) is 6.04 Å². The van der Waals surface area contributed by atoms with E-state index in [0.717, 1.165) is 0 Å². The average Bonchev–Trinajstić information content (AvgIpc) is 2.71. The van der Waals surface area contributed by atoms with E-state index in [2.05, 4.69) is 21.8 Å². The van der Waals surface area contributed by atoms with Gasteiger partial charge in [-0.15, -0.1) is 6.58 Å². The highest BCUT2D eigenvalue weighted by Gasteiger charge is 2.50. The van der Waals surface area contributed by atoms with Gasteiger partial charge >= 0.3 is 6.18 Å². The second kappa shape index (κ2) is 10.9. The van der Waals surface area contributed by atoms with Crippen molar-refractivity contribution in [2.24, 2.45) is 0 Å². The minimum absolute atomic E-state index is 0.00959. The fraction of sp³-hybridized carbons (Fsp3) is 0.526. The van der Waals surface area contributed by atoms with Crippen LogP contribution in [0.25, 0.3) is 0 Å². The lowest BCUT2D eigenvalue weighted by atomic mass is 10.1. The van der Waals surface area contributed by atoms with Crippen LogP contribution in [0, 0.1) is 0 Å². The summed E-state index contributed by atoms with van der Waals surface area (Å²) >= 11 is 0. The van der Waals surface area contributed by atoms with Gasteiger partial charge in [0.25, 0.3) is 11.8 Å². The third-order valence-corrected chi connectivity index (χ3v) is 4.44. The lowest BCUT2D eigenvalue weighted by Gasteiger charge is -2.33. The molecule has 0 spiro atoms. The third-order valence-electron chi connectivity index (χ3n) is 4.44. The van der Waals surface area contributed by atoms with Crippen molar-refractivity contribution >= 4 is 11.8 Å². The largest absolute Gasteiger partial charge is 0.417 e. The number of hydrogen-bond donors (Lipinski definition) is 1. The number of alkyl halides is 3. The summed E-state index contributed by atoms with van der Waals surface area (Å²) in [6, 6.07) is 0.235. The van der Waals surface area contributed by atoms with Gasteiger partial charge in [-0.25, -0.2) is 0 Å². The van der Waals surface area contributed by atoms with Crippen molar-refractivity contribution in [2.45, 2.75) is 18.6 Å². The predicted octanol–water partition coefficient (Wildman–Crippen LogP) is 1.48. The predicted molar refractivity (Wildman–Crippen MR) is 100 cm³/mol. The zero-order chi connectivity index (χ0) is 21.3. The number of nitrogens with one attached hydrogen (secondary N) is 1. The number of carbonyl (C=O) groups is 2. The Morgan fingerprint density at radius 3 is 2.69 bits per heavy atom. The Kier molecular flexibility index (Phi) is 8.59. The van der Waals surface area contributed by atoms with E-state index in [1.165, 1.54) is 30.6 Å². The van der Waals surface area contributed by atoms with Crippen LogP contribution >= 0.6 is 0 Å². The van der Waals surface area contributed by atoms with Gasteiger partial charge in [0.15, 0.2) is 0 Å². The maximum absolute atomic E-state index is 13.8. The van der Waals surface area contributed by atoms with E-state index >= 15 is 0 Å². The van der Waals surface area contributed by atoms with Crippen LogP contribution in [0.1, 0.15) is 16.8 Å². The molecule has 1 unspecified atom stereocenters. The van der Waals surface area contributed by atoms with Crippen molar-refractivity contribution in [1.82, 2.24) is 20.1 Å². The van der Waals surface area contributed by atoms with Crippen LogP contribution in [-0.4, -0.2) is 84.8 Å². The summed E-state index contributed by atoms with van der Waals surface area (Å²) in [6.45, 7) is 6.01. The van der Waals surface area contributed by atoms with E-state index in [1.54, 1.807) is 0 Å². The third kappa shape index (κ3) is 6.82. The van der Waals surface area contributed by atoms with E-state index in [4.69, 9.17) is 4.74 Å². The smallest absolute Gasteiger partial charge is 0.379 e. The molecular formula is C19H25F3N4O3. The molecular weight excluding hydrogens is 389 g/mol. The number of aromatic nitrogens is 1. The van der Waals surface area contributed by atoms with Crippen molar-refractivity contribution in [1.29, 1.82) is 0 Å². The summed E-state index contributed by atoms with van der Waals surface area (Å²) in [5.74, 6) is -2.18. The number of hydrogen-bond acceptors (Lipinski definition) is 5. The van der Waals surface area contributed by atoms with Gasteiger partial charge in [-0.05, 0) is 18.6 Å². The molecule has 2 heterocycles. The molecule has 2 amide bonds. The van der Waals surface area contributed by atoms with E-state index < -0.39 is 24.0 Å². The van der Waals surface area contributed by atoms with E-state index in [0.29, 0.717) is 37.7 Å². The Morgan fingerprint density at radius 1 is 1.38 bits per heavy atom. The molecule has 1 aromatic rings. The highest BCUT2D eigenvalue weighted by Crippen LogP contribution is 2.27. The molecule has 1 atom stereocenters. The molecule has 1 aliphatic heterocycles. The van der Waals surface area contributed by atoms with E-state index in [1.807, 2.05) is 0 Å². The van der Waals surface area contributed by atoms with Gasteiger partial charge < -0.3 is 15.0 Å². The maximum Gasteiger partial charge on any atom is 0.417 e. The monoisotopic (exact) mass is 414 g/mol. The highest BCUT2D eigenvalue weighted by atomic mass is 19.4. The van der Waals surface area contributed by atoms with Crippen LogP contribution in [0.2, 0.25) is 0 Å². The Balaban J connectivity index is 2.21. The molecule has 2 rings (SSSR count). The van der Waals surface area contributed by atoms with E-state index in [9.17, 15) is 22.8 Å². The van der Waals surface area contributed by atoms with Crippen LogP contribution in [0.5, 0.6) is 0 Å². The van der Waals surface area contributed by atoms with Gasteiger partial charge in [0.05, 0.1) is 18.8 Å². The molecule has 29 heavy (non-hydrogen) atoms. The molecule has 0 radical (unpaired) electrons. The number of rotatable bonds is 9. The van der Waals surface area contributed by atoms with Crippen LogP contribution in [0.3, 0.4) is 0 Å². The molecule has 0 bridgehead atoms. The first-order valence-electron chi connectivity index (χ1n) is 9.31. The number of amides is 2. The van der Waals surface area contributed by atoms with Gasteiger partial charge in [-0.2, -0.15) is 13.2 Å². The second-order valence-corrected chi connectivity index (χ2v) is 6.53. The zero-order valence-corrected chi connectivity index (χ0v) is 16.0. The summed E-state index contributed by atoms with van der Waals surface area (Å²) in [6.07, 6.45) is -0.767. The van der Waals surface area contributed by atoms with Crippen LogP contribution in [0.15, 0.2) is 37.2 Å². The van der Waals surface area contributed by atoms with Crippen LogP contribution in [0.4, 0.5) is 13.2 Å². The van der Waals surface area contributed by atoms with Gasteiger partial charge in [-0.1, -0.05) is 6.08 Å². The van der Waals surface area contributed by atoms with Crippen molar-refractivity contribution in [3.63, 3.8) is 0 Å². The second-order valence-electron chi connectivity index (χ2n) is 6.53. The molecule has 0 aliphatic carbocycles. The van der Waals surface area contributed by atoms with Crippen molar-refractivity contribution in [3.8, 4) is 0 Å². The minimum Gasteiger partial charge on any atom is -0.379 e. The van der Waals surface area contributed by atoms with Crippen LogP contribution < -0.4 is 5.32 Å². The highest BCUT2D eigenvalue weighted by molar-refractivity contribution is 5.97. The molecule has 10 heteroatoms. The standard InChI is InChI=1S/C19H25F3N4O3/c1-2-6-24-17(27)16(19(20,21)22)26(18(28)15-5-3-7-23-14-15)9-4-8-25-10-12-29-13-11-25/h2-3,5,7,14,16H,1,4,6,8-13H2,(H,24,27). The van der Waals surface area contributed by atoms with Gasteiger partial charge in [0.1, 0.15) is 0 Å². The van der Waals surface area contributed by atoms with Crippen molar-refractivity contribution < 1.29 is 27.5 Å². The first-order chi connectivity index (χ1) is 13.8. The molecule has 1 N–H and O–H groups in total. The average molecular weight is 414 g/mol. The number of pyridine rings is 1. The molecule has 1 aliphatic rings.